The van der Waals surface area contributed by atoms with Gasteiger partial charge < -0.3 is 41.7 Å². The Labute approximate surface area is 457 Å². The van der Waals surface area contributed by atoms with Crippen LogP contribution in [0.25, 0.3) is 0 Å². The number of likely N-dealkylation sites (N-methyl/N-ethyl adjacent to an activating group) is 2. The molecule has 5 fully saturated rings. The van der Waals surface area contributed by atoms with Crippen molar-refractivity contribution in [3.63, 3.8) is 0 Å². The van der Waals surface area contributed by atoms with Gasteiger partial charge in [-0.1, -0.05) is 96.8 Å². The minimum absolute atomic E-state index is 0.0574. The maximum Gasteiger partial charge on any atom is 0.246 e. The second-order valence-electron chi connectivity index (χ2n) is 21.9. The Morgan fingerprint density at radius 2 is 0.910 bits per heavy atom. The molecular formula is C56H80N16O6. The molecule has 0 bridgehead atoms. The van der Waals surface area contributed by atoms with Crippen LogP contribution in [0, 0.1) is 0 Å². The van der Waals surface area contributed by atoms with Crippen molar-refractivity contribution in [3.05, 3.63) is 95.6 Å². The lowest BCUT2D eigenvalue weighted by Crippen LogP contribution is -2.58. The maximum absolute atomic E-state index is 14.3. The lowest BCUT2D eigenvalue weighted by atomic mass is 9.98. The smallest absolute Gasteiger partial charge is 0.246 e. The van der Waals surface area contributed by atoms with Crippen molar-refractivity contribution in [1.29, 1.82) is 0 Å². The van der Waals surface area contributed by atoms with Gasteiger partial charge in [0, 0.05) is 51.4 Å². The van der Waals surface area contributed by atoms with Crippen molar-refractivity contribution in [3.8, 4) is 0 Å². The Hall–Kier alpha value is -6.62. The van der Waals surface area contributed by atoms with Crippen LogP contribution in [0.1, 0.15) is 125 Å². The minimum atomic E-state index is -0.684. The Morgan fingerprint density at radius 3 is 1.29 bits per heavy atom. The van der Waals surface area contributed by atoms with E-state index in [-0.39, 0.29) is 47.5 Å². The fourth-order valence-corrected chi connectivity index (χ4v) is 12.0. The van der Waals surface area contributed by atoms with Crippen LogP contribution in [0.4, 0.5) is 0 Å². The van der Waals surface area contributed by atoms with E-state index in [4.69, 9.17) is 0 Å². The number of nitrogens with one attached hydrogen (secondary N) is 6. The number of amides is 6. The topological polar surface area (TPSA) is 249 Å². The molecule has 22 heteroatoms. The van der Waals surface area contributed by atoms with Gasteiger partial charge in [-0.2, -0.15) is 0 Å². The van der Waals surface area contributed by atoms with Crippen LogP contribution in [0.3, 0.4) is 0 Å². The predicted molar refractivity (Wildman–Crippen MR) is 291 cm³/mol. The molecule has 10 atom stereocenters. The van der Waals surface area contributed by atoms with Gasteiger partial charge in [-0.25, -0.2) is 0 Å². The zero-order valence-corrected chi connectivity index (χ0v) is 45.8. The Bertz CT molecular complexity index is 2480. The van der Waals surface area contributed by atoms with E-state index in [2.05, 4.69) is 62.3 Å². The largest absolute Gasteiger partial charge is 0.343 e. The number of fused-ring (bicyclic) bond motifs is 2. The molecule has 0 saturated carbocycles. The lowest BCUT2D eigenvalue weighted by Gasteiger charge is -2.36. The molecule has 0 unspecified atom stereocenters. The van der Waals surface area contributed by atoms with Crippen LogP contribution in [-0.2, 0) is 41.9 Å². The zero-order chi connectivity index (χ0) is 54.7. The average Bonchev–Trinajstić information content (AvgIpc) is 4.31. The van der Waals surface area contributed by atoms with Crippen molar-refractivity contribution in [2.45, 2.75) is 164 Å². The van der Waals surface area contributed by atoms with Gasteiger partial charge in [0.15, 0.2) is 0 Å². The van der Waals surface area contributed by atoms with Gasteiger partial charge in [0.25, 0.3) is 0 Å². The summed E-state index contributed by atoms with van der Waals surface area (Å²) in [7, 11) is 3.42. The third-order valence-electron chi connectivity index (χ3n) is 16.9. The quantitative estimate of drug-likeness (QED) is 0.0738. The summed E-state index contributed by atoms with van der Waals surface area (Å²) in [4.78, 5) is 91.0. The third-order valence-corrected chi connectivity index (χ3v) is 16.9. The number of benzene rings is 2. The lowest BCUT2D eigenvalue weighted by molar-refractivity contribution is -0.144. The number of hydrogen-bond acceptors (Lipinski definition) is 14. The highest BCUT2D eigenvalue weighted by Crippen LogP contribution is 2.34. The Balaban J connectivity index is 0.772. The fraction of sp³-hybridized carbons (Fsp3) is 0.607. The summed E-state index contributed by atoms with van der Waals surface area (Å²) in [6.45, 7) is 9.76. The molecular weight excluding hydrogens is 993 g/mol. The highest BCUT2D eigenvalue weighted by Gasteiger charge is 2.46. The second kappa shape index (κ2) is 26.4. The van der Waals surface area contributed by atoms with Crippen LogP contribution < -0.4 is 31.9 Å². The molecule has 5 aliphatic heterocycles. The fourth-order valence-electron chi connectivity index (χ4n) is 12.0. The van der Waals surface area contributed by atoms with Crippen LogP contribution in [0.2, 0.25) is 0 Å². The number of nitrogens with zero attached hydrogens (tertiary/aromatic N) is 10. The van der Waals surface area contributed by atoms with Gasteiger partial charge in [-0.3, -0.25) is 47.9 Å². The van der Waals surface area contributed by atoms with E-state index in [9.17, 15) is 28.8 Å². The van der Waals surface area contributed by atoms with Crippen molar-refractivity contribution in [1.82, 2.24) is 81.5 Å². The highest BCUT2D eigenvalue weighted by atomic mass is 16.2. The SMILES string of the molecule is CN[C@@H](C)C(=O)N[C@H]1CCCC[C@H]2CC[C@@H](C(=O)N[C@H](c3ccccc3)c3cn(CCN4CCN(CCn5cc([C@@H](NC(=O)[C@@H]6CC[C@@H]7CCCC[C@H](NC(=O)[C@H](C)NC)C(=O)N76)c6ccccc6)nn5)CC4)nn3)N2C1=O. The summed E-state index contributed by atoms with van der Waals surface area (Å²) < 4.78 is 3.66. The number of aromatic nitrogens is 6. The van der Waals surface area contributed by atoms with Crippen molar-refractivity contribution < 1.29 is 28.8 Å². The zero-order valence-electron chi connectivity index (χ0n) is 45.8. The standard InChI is InChI=1S/C56H80N16O6/c1-37(57-3)51(73)59-43-21-13-11-19-41-23-25-47(71(41)55(43)77)53(75)61-49(39-15-7-5-8-16-39)45-35-69(65-63-45)33-31-67-27-29-68(30-28-67)32-34-70-36-46(64-66-70)50(40-17-9-6-10-18-40)62-54(76)48-26-24-42-20-12-14-22-44(56(78)72(42)48)60-52(74)38(2)58-4/h5-10,15-18,35-38,41-44,47-50,57-58H,11-14,19-34H2,1-4H3,(H,59,73)(H,60,74)(H,61,75)(H,62,76)/t37-,38-,41-,42-,43-,44-,47-,48-,49-,50+/m0/s1. The monoisotopic (exact) mass is 1070 g/mol. The molecule has 6 N–H and O–H groups in total. The first-order valence-electron chi connectivity index (χ1n) is 28.4. The molecule has 2 aromatic heterocycles. The average molecular weight is 1070 g/mol. The van der Waals surface area contributed by atoms with Gasteiger partial charge in [-0.15, -0.1) is 10.2 Å². The molecule has 78 heavy (non-hydrogen) atoms. The number of carbonyl (C=O) groups excluding carboxylic acids is 6. The summed E-state index contributed by atoms with van der Waals surface area (Å²) in [6, 6.07) is 14.5. The van der Waals surface area contributed by atoms with Gasteiger partial charge in [0.2, 0.25) is 35.4 Å². The minimum Gasteiger partial charge on any atom is -0.343 e. The van der Waals surface area contributed by atoms with Gasteiger partial charge >= 0.3 is 0 Å². The van der Waals surface area contributed by atoms with E-state index in [0.29, 0.717) is 50.2 Å². The Kier molecular flexibility index (Phi) is 19.0. The number of rotatable bonds is 20. The first-order valence-corrected chi connectivity index (χ1v) is 28.4. The van der Waals surface area contributed by atoms with Gasteiger partial charge in [0.1, 0.15) is 35.6 Å². The summed E-state index contributed by atoms with van der Waals surface area (Å²) in [5.74, 6) is -1.35. The van der Waals surface area contributed by atoms with Crippen LogP contribution in [-0.4, -0.2) is 187 Å². The molecule has 0 spiro atoms. The number of hydrogen-bond donors (Lipinski definition) is 6. The molecule has 5 saturated heterocycles. The molecule has 420 valence electrons. The predicted octanol–water partition coefficient (Wildman–Crippen LogP) is 1.65. The van der Waals surface area contributed by atoms with Gasteiger partial charge in [0.05, 0.1) is 49.7 Å². The van der Waals surface area contributed by atoms with Crippen LogP contribution in [0.5, 0.6) is 0 Å². The molecule has 22 nitrogen and oxygen atoms in total. The van der Waals surface area contributed by atoms with E-state index < -0.39 is 48.3 Å². The summed E-state index contributed by atoms with van der Waals surface area (Å²) in [6.07, 6.45) is 12.6. The first-order chi connectivity index (χ1) is 37.9. The maximum atomic E-state index is 14.3. The van der Waals surface area contributed by atoms with Crippen molar-refractivity contribution in [2.24, 2.45) is 0 Å². The molecule has 6 amide bonds. The molecule has 0 aliphatic carbocycles. The molecule has 4 aromatic rings. The first kappa shape index (κ1) is 56.1. The van der Waals surface area contributed by atoms with E-state index >= 15 is 0 Å². The number of carbonyl (C=O) groups is 6. The van der Waals surface area contributed by atoms with Crippen LogP contribution in [0.15, 0.2) is 73.1 Å². The normalized spacial score (nSPS) is 24.8. The van der Waals surface area contributed by atoms with E-state index in [1.807, 2.05) is 82.4 Å². The molecule has 2 aromatic carbocycles. The summed E-state index contributed by atoms with van der Waals surface area (Å²) in [5, 5.41) is 36.5. The molecule has 0 radical (unpaired) electrons. The van der Waals surface area contributed by atoms with Crippen LogP contribution >= 0.6 is 0 Å². The van der Waals surface area contributed by atoms with Crippen molar-refractivity contribution >= 4 is 35.4 Å². The van der Waals surface area contributed by atoms with E-state index in [1.54, 1.807) is 37.7 Å². The molecule has 5 aliphatic rings. The number of piperazine rings is 1. The molecule has 9 rings (SSSR count). The van der Waals surface area contributed by atoms with Crippen molar-refractivity contribution in [2.75, 3.05) is 53.4 Å². The third kappa shape index (κ3) is 13.4. The highest BCUT2D eigenvalue weighted by molar-refractivity contribution is 5.95. The summed E-state index contributed by atoms with van der Waals surface area (Å²) in [5.41, 5.74) is 2.93. The second-order valence-corrected chi connectivity index (χ2v) is 21.9. The molecule has 7 heterocycles. The van der Waals surface area contributed by atoms with E-state index in [1.165, 1.54) is 0 Å². The van der Waals surface area contributed by atoms with E-state index in [0.717, 1.165) is 102 Å². The Morgan fingerprint density at radius 1 is 0.526 bits per heavy atom. The summed E-state index contributed by atoms with van der Waals surface area (Å²) >= 11 is 0. The van der Waals surface area contributed by atoms with Gasteiger partial charge in [-0.05, 0) is 90.4 Å².